The Labute approximate surface area is 173 Å². The van der Waals surface area contributed by atoms with Crippen LogP contribution in [0, 0.1) is 16.0 Å². The van der Waals surface area contributed by atoms with Crippen LogP contribution in [0.5, 0.6) is 0 Å². The highest BCUT2D eigenvalue weighted by molar-refractivity contribution is 7.90. The summed E-state index contributed by atoms with van der Waals surface area (Å²) >= 11 is 4.58. The highest BCUT2D eigenvalue weighted by atomic mass is 35.5. The monoisotopic (exact) mass is 434 g/mol. The molecule has 8 nitrogen and oxygen atoms in total. The van der Waals surface area contributed by atoms with E-state index in [0.29, 0.717) is 10.5 Å². The number of nitrogens with zero attached hydrogens (tertiary/aromatic N) is 1. The van der Waals surface area contributed by atoms with Crippen LogP contribution >= 0.6 is 11.6 Å². The number of Topliss-reactive ketones (excluding diaryl/α,β-unsaturated/α-hetero) is 2. The molecule has 0 saturated carbocycles. The summed E-state index contributed by atoms with van der Waals surface area (Å²) < 4.78 is 11.5. The average Bonchev–Trinajstić information content (AvgIpc) is 2.67. The zero-order chi connectivity index (χ0) is 21.3. The molecule has 1 N–H and O–H groups in total. The third-order valence-corrected chi connectivity index (χ3v) is 5.78. The summed E-state index contributed by atoms with van der Waals surface area (Å²) in [5.74, 6) is -4.04. The largest absolute Gasteiger partial charge is 0.612 e. The maximum Gasteiger partial charge on any atom is 0.281 e. The number of nitro benzene ring substituents is 1. The average molecular weight is 435 g/mol. The van der Waals surface area contributed by atoms with Gasteiger partial charge in [-0.3, -0.25) is 24.5 Å². The molecule has 3 atom stereocenters. The molecule has 3 unspecified atom stereocenters. The summed E-state index contributed by atoms with van der Waals surface area (Å²) in [6, 6.07) is 9.36. The fraction of sp³-hybridized carbons (Fsp3) is 0.211. The van der Waals surface area contributed by atoms with Crippen LogP contribution in [0.3, 0.4) is 0 Å². The third kappa shape index (κ3) is 4.31. The highest BCUT2D eigenvalue weighted by Gasteiger charge is 2.42. The second-order valence-electron chi connectivity index (χ2n) is 6.47. The summed E-state index contributed by atoms with van der Waals surface area (Å²) in [4.78, 5) is 48.9. The smallest absolute Gasteiger partial charge is 0.281 e. The van der Waals surface area contributed by atoms with E-state index in [4.69, 9.17) is 11.6 Å². The van der Waals surface area contributed by atoms with Crippen molar-refractivity contribution in [1.82, 2.24) is 5.32 Å². The van der Waals surface area contributed by atoms with Gasteiger partial charge in [-0.25, -0.2) is 0 Å². The summed E-state index contributed by atoms with van der Waals surface area (Å²) in [5.41, 5.74) is -0.279. The van der Waals surface area contributed by atoms with Gasteiger partial charge in [-0.1, -0.05) is 23.7 Å². The van der Waals surface area contributed by atoms with Gasteiger partial charge in [-0.05, 0) is 41.0 Å². The molecule has 0 spiro atoms. The summed E-state index contributed by atoms with van der Waals surface area (Å²) in [6.45, 7) is 0. The van der Waals surface area contributed by atoms with Gasteiger partial charge in [0.05, 0.1) is 16.5 Å². The number of benzene rings is 2. The van der Waals surface area contributed by atoms with Crippen molar-refractivity contribution in [2.45, 2.75) is 17.4 Å². The molecule has 1 aliphatic rings. The lowest BCUT2D eigenvalue weighted by Gasteiger charge is -2.27. The SMILES string of the molecule is C[S+]([O-])c1ccc(C2CC(=O)C(C(=O)c3ccc(Cl)cc3[N+](=O)[O-])C(=O)N2)cc1. The lowest BCUT2D eigenvalue weighted by Crippen LogP contribution is -2.48. The molecule has 2 aromatic carbocycles. The molecule has 1 heterocycles. The molecule has 1 aliphatic heterocycles. The zero-order valence-corrected chi connectivity index (χ0v) is 16.7. The molecule has 3 rings (SSSR count). The predicted octanol–water partition coefficient (Wildman–Crippen LogP) is 2.61. The second kappa shape index (κ2) is 8.32. The van der Waals surface area contributed by atoms with Crippen LogP contribution in [0.4, 0.5) is 5.69 Å². The minimum atomic E-state index is -1.66. The van der Waals surface area contributed by atoms with Crippen molar-refractivity contribution in [1.29, 1.82) is 0 Å². The van der Waals surface area contributed by atoms with E-state index in [1.165, 1.54) is 12.3 Å². The molecule has 1 amide bonds. The van der Waals surface area contributed by atoms with Gasteiger partial charge >= 0.3 is 0 Å². The van der Waals surface area contributed by atoms with Crippen LogP contribution in [0.2, 0.25) is 5.02 Å². The molecule has 29 heavy (non-hydrogen) atoms. The van der Waals surface area contributed by atoms with Gasteiger partial charge in [0, 0.05) is 17.5 Å². The van der Waals surface area contributed by atoms with E-state index >= 15 is 0 Å². The van der Waals surface area contributed by atoms with Crippen LogP contribution < -0.4 is 5.32 Å². The molecule has 0 aliphatic carbocycles. The van der Waals surface area contributed by atoms with E-state index in [1.807, 2.05) is 0 Å². The van der Waals surface area contributed by atoms with Crippen molar-refractivity contribution in [3.63, 3.8) is 0 Å². The first kappa shape index (κ1) is 21.0. The van der Waals surface area contributed by atoms with Gasteiger partial charge in [-0.2, -0.15) is 0 Å². The van der Waals surface area contributed by atoms with E-state index in [-0.39, 0.29) is 17.0 Å². The van der Waals surface area contributed by atoms with Crippen molar-refractivity contribution < 1.29 is 23.9 Å². The topological polar surface area (TPSA) is 129 Å². The maximum atomic E-state index is 12.8. The Balaban J connectivity index is 1.84. The van der Waals surface area contributed by atoms with Gasteiger partial charge < -0.3 is 9.87 Å². The first-order chi connectivity index (χ1) is 13.7. The fourth-order valence-electron chi connectivity index (χ4n) is 3.15. The second-order valence-corrected chi connectivity index (χ2v) is 8.29. The van der Waals surface area contributed by atoms with E-state index in [1.54, 1.807) is 24.3 Å². The van der Waals surface area contributed by atoms with Crippen molar-refractivity contribution >= 4 is 45.9 Å². The Bertz CT molecular complexity index is 990. The number of piperidine rings is 1. The highest BCUT2D eigenvalue weighted by Crippen LogP contribution is 2.30. The van der Waals surface area contributed by atoms with E-state index in [9.17, 15) is 29.1 Å². The number of carbonyl (C=O) groups is 3. The van der Waals surface area contributed by atoms with E-state index in [0.717, 1.165) is 12.1 Å². The first-order valence-corrected chi connectivity index (χ1v) is 10.4. The van der Waals surface area contributed by atoms with Crippen LogP contribution in [-0.4, -0.2) is 33.2 Å². The number of amides is 1. The van der Waals surface area contributed by atoms with E-state index < -0.39 is 51.2 Å². The molecule has 1 fully saturated rings. The maximum absolute atomic E-state index is 12.8. The van der Waals surface area contributed by atoms with Crippen molar-refractivity contribution in [2.24, 2.45) is 5.92 Å². The normalized spacial score (nSPS) is 20.1. The quantitative estimate of drug-likeness (QED) is 0.253. The van der Waals surface area contributed by atoms with Crippen LogP contribution in [0.15, 0.2) is 47.4 Å². The number of hydrogen-bond donors (Lipinski definition) is 1. The molecule has 0 bridgehead atoms. The number of nitro groups is 1. The lowest BCUT2D eigenvalue weighted by atomic mass is 9.84. The number of halogens is 1. The number of nitrogens with one attached hydrogen (secondary N) is 1. The standard InChI is InChI=1S/C19H15ClN2O6S/c1-29(28)12-5-2-10(3-6-12)14-9-16(23)17(19(25)21-14)18(24)13-7-4-11(20)8-15(13)22(26)27/h2-8,14,17H,9H2,1H3,(H,21,25). The Kier molecular flexibility index (Phi) is 6.02. The zero-order valence-electron chi connectivity index (χ0n) is 15.1. The number of rotatable bonds is 5. The molecular formula is C19H15ClN2O6S. The minimum absolute atomic E-state index is 0.0594. The van der Waals surface area contributed by atoms with Gasteiger partial charge in [-0.15, -0.1) is 0 Å². The molecule has 1 saturated heterocycles. The van der Waals surface area contributed by atoms with Crippen LogP contribution in [0.1, 0.15) is 28.4 Å². The van der Waals surface area contributed by atoms with Gasteiger partial charge in [0.2, 0.25) is 5.91 Å². The Morgan fingerprint density at radius 1 is 1.21 bits per heavy atom. The van der Waals surface area contributed by atoms with Crippen LogP contribution in [-0.2, 0) is 20.8 Å². The molecule has 0 aromatic heterocycles. The summed E-state index contributed by atoms with van der Waals surface area (Å²) in [6.07, 6.45) is 1.39. The first-order valence-electron chi connectivity index (χ1n) is 8.43. The van der Waals surface area contributed by atoms with Gasteiger partial charge in [0.25, 0.3) is 5.69 Å². The van der Waals surface area contributed by atoms with Gasteiger partial charge in [0.15, 0.2) is 22.4 Å². The number of carbonyl (C=O) groups excluding carboxylic acids is 3. The predicted molar refractivity (Wildman–Crippen MR) is 105 cm³/mol. The Morgan fingerprint density at radius 3 is 2.41 bits per heavy atom. The Hall–Kier alpha value is -2.75. The molecule has 0 radical (unpaired) electrons. The summed E-state index contributed by atoms with van der Waals surface area (Å²) in [5, 5.41) is 13.9. The van der Waals surface area contributed by atoms with Gasteiger partial charge in [0.1, 0.15) is 6.26 Å². The molecule has 10 heteroatoms. The number of hydrogen-bond acceptors (Lipinski definition) is 6. The molecule has 2 aromatic rings. The van der Waals surface area contributed by atoms with Crippen molar-refractivity contribution in [3.05, 3.63) is 68.7 Å². The van der Waals surface area contributed by atoms with Crippen molar-refractivity contribution in [3.8, 4) is 0 Å². The third-order valence-electron chi connectivity index (χ3n) is 4.60. The van der Waals surface area contributed by atoms with E-state index in [2.05, 4.69) is 5.32 Å². The minimum Gasteiger partial charge on any atom is -0.612 e. The molecular weight excluding hydrogens is 420 g/mol. The number of ketones is 2. The fourth-order valence-corrected chi connectivity index (χ4v) is 3.83. The summed E-state index contributed by atoms with van der Waals surface area (Å²) in [7, 11) is 0. The van der Waals surface area contributed by atoms with Crippen LogP contribution in [0.25, 0.3) is 0 Å². The molecule has 150 valence electrons. The van der Waals surface area contributed by atoms with Crippen molar-refractivity contribution in [2.75, 3.05) is 6.26 Å². The lowest BCUT2D eigenvalue weighted by molar-refractivity contribution is -0.385. The Morgan fingerprint density at radius 2 is 1.86 bits per heavy atom.